The molecular formula is C19H39N3O7. The van der Waals surface area contributed by atoms with Gasteiger partial charge in [-0.2, -0.15) is 0 Å². The third kappa shape index (κ3) is 14.5. The molecule has 0 fully saturated rings. The number of nitrogens with two attached hydrogens (primary N) is 2. The van der Waals surface area contributed by atoms with Gasteiger partial charge in [0, 0.05) is 24.9 Å². The first-order valence-corrected chi connectivity index (χ1v) is 10.1. The highest BCUT2D eigenvalue weighted by Gasteiger charge is 2.32. The van der Waals surface area contributed by atoms with E-state index < -0.39 is 11.8 Å². The van der Waals surface area contributed by atoms with Crippen LogP contribution in [-0.2, 0) is 33.4 Å². The standard InChI is InChI=1S/C19H39N3O7/c1-15(2)18(19(24)22-5-7-26-9-8-25-6-4-20)16(3)17(23)14-28-11-10-27-12-13-29-21/h15-16,18H,4-14,20-21H2,1-3H3,(H,22,24). The normalized spacial score (nSPS) is 13.4. The fourth-order valence-corrected chi connectivity index (χ4v) is 2.71. The lowest BCUT2D eigenvalue weighted by molar-refractivity contribution is -0.137. The molecule has 10 nitrogen and oxygen atoms in total. The van der Waals surface area contributed by atoms with Crippen LogP contribution < -0.4 is 16.9 Å². The second kappa shape index (κ2) is 18.9. The van der Waals surface area contributed by atoms with Gasteiger partial charge in [0.1, 0.15) is 6.61 Å². The summed E-state index contributed by atoms with van der Waals surface area (Å²) < 4.78 is 21.1. The Bertz CT molecular complexity index is 425. The van der Waals surface area contributed by atoms with Crippen molar-refractivity contribution in [1.29, 1.82) is 0 Å². The highest BCUT2D eigenvalue weighted by Crippen LogP contribution is 2.22. The first kappa shape index (κ1) is 27.9. The molecule has 0 aliphatic rings. The van der Waals surface area contributed by atoms with Gasteiger partial charge in [0.25, 0.3) is 0 Å². The van der Waals surface area contributed by atoms with E-state index in [4.69, 9.17) is 30.6 Å². The zero-order chi connectivity index (χ0) is 21.9. The zero-order valence-electron chi connectivity index (χ0n) is 18.0. The van der Waals surface area contributed by atoms with Crippen molar-refractivity contribution in [2.45, 2.75) is 20.8 Å². The van der Waals surface area contributed by atoms with Crippen molar-refractivity contribution in [2.75, 3.05) is 72.6 Å². The topological polar surface area (TPSA) is 144 Å². The van der Waals surface area contributed by atoms with Gasteiger partial charge in [0.2, 0.25) is 5.91 Å². The number of hydrogen-bond acceptors (Lipinski definition) is 9. The largest absolute Gasteiger partial charge is 0.378 e. The molecule has 29 heavy (non-hydrogen) atoms. The van der Waals surface area contributed by atoms with E-state index in [2.05, 4.69) is 10.2 Å². The lowest BCUT2D eigenvalue weighted by Gasteiger charge is -2.25. The minimum absolute atomic E-state index is 0.0131. The first-order valence-electron chi connectivity index (χ1n) is 10.1. The molecule has 2 atom stereocenters. The molecule has 0 aromatic rings. The number of amides is 1. The summed E-state index contributed by atoms with van der Waals surface area (Å²) in [5.74, 6) is 3.74. The molecule has 0 aliphatic carbocycles. The van der Waals surface area contributed by atoms with Gasteiger partial charge in [-0.3, -0.25) is 9.59 Å². The average molecular weight is 422 g/mol. The Balaban J connectivity index is 4.11. The summed E-state index contributed by atoms with van der Waals surface area (Å²) in [6.45, 7) is 9.49. The summed E-state index contributed by atoms with van der Waals surface area (Å²) in [6, 6.07) is 0. The van der Waals surface area contributed by atoms with Gasteiger partial charge in [-0.15, -0.1) is 0 Å². The second-order valence-corrected chi connectivity index (χ2v) is 6.86. The van der Waals surface area contributed by atoms with E-state index in [1.165, 1.54) is 0 Å². The maximum absolute atomic E-state index is 12.5. The molecule has 5 N–H and O–H groups in total. The van der Waals surface area contributed by atoms with Gasteiger partial charge in [0.05, 0.1) is 52.9 Å². The molecule has 0 saturated carbocycles. The van der Waals surface area contributed by atoms with E-state index in [0.29, 0.717) is 59.3 Å². The molecular weight excluding hydrogens is 382 g/mol. The van der Waals surface area contributed by atoms with Gasteiger partial charge in [-0.05, 0) is 5.92 Å². The minimum atomic E-state index is -0.452. The van der Waals surface area contributed by atoms with Crippen LogP contribution >= 0.6 is 0 Å². The molecule has 0 aromatic heterocycles. The first-order chi connectivity index (χ1) is 14.0. The molecule has 1 amide bonds. The zero-order valence-corrected chi connectivity index (χ0v) is 18.0. The Kier molecular flexibility index (Phi) is 18.1. The Morgan fingerprint density at radius 3 is 1.97 bits per heavy atom. The van der Waals surface area contributed by atoms with Crippen LogP contribution in [-0.4, -0.2) is 84.2 Å². The number of Topliss-reactive ketones (excluding diaryl/α,β-unsaturated/α-hetero) is 1. The molecule has 0 spiro atoms. The molecule has 0 bridgehead atoms. The van der Waals surface area contributed by atoms with Crippen LogP contribution in [0.25, 0.3) is 0 Å². The molecule has 0 heterocycles. The van der Waals surface area contributed by atoms with Crippen LogP contribution in [0.4, 0.5) is 0 Å². The van der Waals surface area contributed by atoms with Crippen LogP contribution in [0.5, 0.6) is 0 Å². The van der Waals surface area contributed by atoms with Crippen molar-refractivity contribution in [3.8, 4) is 0 Å². The summed E-state index contributed by atoms with van der Waals surface area (Å²) in [6.07, 6.45) is 0. The molecule has 0 saturated heterocycles. The van der Waals surface area contributed by atoms with E-state index in [9.17, 15) is 9.59 Å². The Morgan fingerprint density at radius 1 is 0.828 bits per heavy atom. The number of carbonyl (C=O) groups is 2. The lowest BCUT2D eigenvalue weighted by atomic mass is 9.81. The van der Waals surface area contributed by atoms with E-state index in [1.807, 2.05) is 13.8 Å². The SMILES string of the molecule is CC(C)C(C(=O)NCCOCCOCCN)C(C)C(=O)COCCOCCON. The highest BCUT2D eigenvalue weighted by molar-refractivity contribution is 5.89. The summed E-state index contributed by atoms with van der Waals surface area (Å²) in [5.41, 5.74) is 5.32. The van der Waals surface area contributed by atoms with Crippen molar-refractivity contribution >= 4 is 11.7 Å². The third-order valence-corrected chi connectivity index (χ3v) is 4.21. The van der Waals surface area contributed by atoms with Gasteiger partial charge in [0.15, 0.2) is 5.78 Å². The average Bonchev–Trinajstić information content (AvgIpc) is 2.68. The van der Waals surface area contributed by atoms with Gasteiger partial charge in [-0.25, -0.2) is 5.90 Å². The summed E-state index contributed by atoms with van der Waals surface area (Å²) in [7, 11) is 0. The minimum Gasteiger partial charge on any atom is -0.378 e. The maximum Gasteiger partial charge on any atom is 0.224 e. The van der Waals surface area contributed by atoms with Gasteiger partial charge < -0.3 is 34.8 Å². The van der Waals surface area contributed by atoms with Crippen LogP contribution in [0.2, 0.25) is 0 Å². The van der Waals surface area contributed by atoms with Crippen LogP contribution in [0.3, 0.4) is 0 Å². The third-order valence-electron chi connectivity index (χ3n) is 4.21. The van der Waals surface area contributed by atoms with Crippen molar-refractivity contribution in [2.24, 2.45) is 29.4 Å². The molecule has 0 aromatic carbocycles. The summed E-state index contributed by atoms with van der Waals surface area (Å²) >= 11 is 0. The van der Waals surface area contributed by atoms with Crippen LogP contribution in [0.1, 0.15) is 20.8 Å². The van der Waals surface area contributed by atoms with Gasteiger partial charge in [-0.1, -0.05) is 20.8 Å². The van der Waals surface area contributed by atoms with E-state index in [0.717, 1.165) is 0 Å². The molecule has 0 rings (SSSR count). The Labute approximate surface area is 173 Å². The summed E-state index contributed by atoms with van der Waals surface area (Å²) in [4.78, 5) is 29.3. The smallest absolute Gasteiger partial charge is 0.224 e. The number of ketones is 1. The maximum atomic E-state index is 12.5. The molecule has 172 valence electrons. The number of ether oxygens (including phenoxy) is 4. The Hall–Kier alpha value is -1.14. The molecule has 0 aliphatic heterocycles. The predicted molar refractivity (Wildman–Crippen MR) is 108 cm³/mol. The van der Waals surface area contributed by atoms with Crippen molar-refractivity contribution in [3.63, 3.8) is 0 Å². The predicted octanol–water partition coefficient (Wildman–Crippen LogP) is -0.505. The number of nitrogens with one attached hydrogen (secondary N) is 1. The Morgan fingerprint density at radius 2 is 1.38 bits per heavy atom. The fourth-order valence-electron chi connectivity index (χ4n) is 2.71. The van der Waals surface area contributed by atoms with Crippen molar-refractivity contribution in [3.05, 3.63) is 0 Å². The van der Waals surface area contributed by atoms with Crippen LogP contribution in [0.15, 0.2) is 0 Å². The number of carbonyl (C=O) groups excluding carboxylic acids is 2. The van der Waals surface area contributed by atoms with E-state index in [-0.39, 0.29) is 30.8 Å². The summed E-state index contributed by atoms with van der Waals surface area (Å²) in [5, 5.41) is 2.84. The second-order valence-electron chi connectivity index (χ2n) is 6.86. The molecule has 2 unspecified atom stereocenters. The fraction of sp³-hybridized carbons (Fsp3) is 0.895. The van der Waals surface area contributed by atoms with E-state index >= 15 is 0 Å². The number of rotatable bonds is 20. The van der Waals surface area contributed by atoms with Crippen LogP contribution in [0, 0.1) is 17.8 Å². The molecule has 0 radical (unpaired) electrons. The quantitative estimate of drug-likeness (QED) is 0.175. The number of hydrogen-bond donors (Lipinski definition) is 3. The molecule has 10 heteroatoms. The van der Waals surface area contributed by atoms with Crippen molar-refractivity contribution < 1.29 is 33.4 Å². The van der Waals surface area contributed by atoms with Crippen molar-refractivity contribution in [1.82, 2.24) is 5.32 Å². The van der Waals surface area contributed by atoms with E-state index in [1.54, 1.807) is 6.92 Å². The highest BCUT2D eigenvalue weighted by atomic mass is 16.6. The van der Waals surface area contributed by atoms with Gasteiger partial charge >= 0.3 is 0 Å². The monoisotopic (exact) mass is 421 g/mol. The lowest BCUT2D eigenvalue weighted by Crippen LogP contribution is -2.41.